The fourth-order valence-corrected chi connectivity index (χ4v) is 2.81. The van der Waals surface area contributed by atoms with Gasteiger partial charge in [0.25, 0.3) is 0 Å². The Morgan fingerprint density at radius 1 is 1.14 bits per heavy atom. The van der Waals surface area contributed by atoms with Crippen molar-refractivity contribution in [2.45, 2.75) is 19.3 Å². The number of rotatable bonds is 5. The summed E-state index contributed by atoms with van der Waals surface area (Å²) in [7, 11) is 0. The van der Waals surface area contributed by atoms with Crippen LogP contribution in [-0.2, 0) is 6.42 Å². The zero-order valence-corrected chi connectivity index (χ0v) is 11.8. The normalized spacial score (nSPS) is 12.9. The predicted molar refractivity (Wildman–Crippen MR) is 85.8 cm³/mol. The van der Waals surface area contributed by atoms with Crippen LogP contribution in [0.5, 0.6) is 0 Å². The molecule has 0 unspecified atom stereocenters. The van der Waals surface area contributed by atoms with Gasteiger partial charge in [-0.1, -0.05) is 35.5 Å². The molecule has 0 bridgehead atoms. The monoisotopic (exact) mass is 281 g/mol. The summed E-state index contributed by atoms with van der Waals surface area (Å²) >= 11 is 0. The van der Waals surface area contributed by atoms with Gasteiger partial charge in [-0.3, -0.25) is 0 Å². The molecule has 0 radical (unpaired) electrons. The molecule has 0 atom stereocenters. The molecule has 4 N–H and O–H groups in total. The van der Waals surface area contributed by atoms with Gasteiger partial charge in [-0.25, -0.2) is 0 Å². The molecule has 0 heterocycles. The lowest BCUT2D eigenvalue weighted by Crippen LogP contribution is -2.13. The molecule has 4 nitrogen and oxygen atoms in total. The summed E-state index contributed by atoms with van der Waals surface area (Å²) in [5, 5.41) is 14.8. The van der Waals surface area contributed by atoms with Gasteiger partial charge >= 0.3 is 0 Å². The number of fused-ring (bicyclic) bond motifs is 3. The van der Waals surface area contributed by atoms with Crippen LogP contribution in [0.25, 0.3) is 11.1 Å². The number of hydrogen-bond donors (Lipinski definition) is 3. The molecule has 21 heavy (non-hydrogen) atoms. The van der Waals surface area contributed by atoms with Crippen LogP contribution in [0.15, 0.2) is 47.6 Å². The fourth-order valence-electron chi connectivity index (χ4n) is 2.81. The van der Waals surface area contributed by atoms with E-state index in [-0.39, 0.29) is 5.84 Å². The second-order valence-corrected chi connectivity index (χ2v) is 5.33. The maximum atomic E-state index is 8.49. The van der Waals surface area contributed by atoms with E-state index in [9.17, 15) is 0 Å². The minimum Gasteiger partial charge on any atom is -0.409 e. The van der Waals surface area contributed by atoms with Crippen LogP contribution in [0.2, 0.25) is 0 Å². The summed E-state index contributed by atoms with van der Waals surface area (Å²) in [6, 6.07) is 15.1. The van der Waals surface area contributed by atoms with Crippen molar-refractivity contribution in [2.24, 2.45) is 10.9 Å². The highest BCUT2D eigenvalue weighted by molar-refractivity contribution is 5.80. The van der Waals surface area contributed by atoms with Crippen molar-refractivity contribution in [3.63, 3.8) is 0 Å². The van der Waals surface area contributed by atoms with E-state index < -0.39 is 0 Å². The van der Waals surface area contributed by atoms with Crippen molar-refractivity contribution in [2.75, 3.05) is 11.9 Å². The van der Waals surface area contributed by atoms with Gasteiger partial charge in [-0.2, -0.15) is 0 Å². The molecule has 0 aromatic heterocycles. The van der Waals surface area contributed by atoms with Gasteiger partial charge in [0.15, 0.2) is 0 Å². The van der Waals surface area contributed by atoms with E-state index in [1.807, 2.05) is 0 Å². The molecule has 4 heteroatoms. The van der Waals surface area contributed by atoms with Crippen LogP contribution in [0.4, 0.5) is 5.69 Å². The van der Waals surface area contributed by atoms with Crippen LogP contribution < -0.4 is 11.1 Å². The molecule has 3 rings (SSSR count). The molecule has 108 valence electrons. The highest BCUT2D eigenvalue weighted by Crippen LogP contribution is 2.37. The fraction of sp³-hybridized carbons (Fsp3) is 0.235. The Balaban J connectivity index is 1.64. The Bertz CT molecular complexity index is 679. The van der Waals surface area contributed by atoms with E-state index >= 15 is 0 Å². The highest BCUT2D eigenvalue weighted by atomic mass is 16.4. The molecule has 1 aliphatic rings. The van der Waals surface area contributed by atoms with Crippen molar-refractivity contribution < 1.29 is 5.21 Å². The maximum absolute atomic E-state index is 8.49. The third-order valence-electron chi connectivity index (χ3n) is 3.86. The average Bonchev–Trinajstić information content (AvgIpc) is 2.89. The molecule has 0 spiro atoms. The van der Waals surface area contributed by atoms with Gasteiger partial charge in [-0.15, -0.1) is 0 Å². The van der Waals surface area contributed by atoms with Gasteiger partial charge < -0.3 is 16.3 Å². The Labute approximate surface area is 124 Å². The third kappa shape index (κ3) is 2.84. The molecule has 0 saturated carbocycles. The van der Waals surface area contributed by atoms with Gasteiger partial charge in [0.2, 0.25) is 0 Å². The van der Waals surface area contributed by atoms with E-state index in [1.165, 1.54) is 22.3 Å². The maximum Gasteiger partial charge on any atom is 0.139 e. The SMILES string of the molecule is NC(CCCNc1ccc2c(c1)Cc1ccccc1-2)=NO. The summed E-state index contributed by atoms with van der Waals surface area (Å²) in [6.45, 7) is 0.807. The summed E-state index contributed by atoms with van der Waals surface area (Å²) < 4.78 is 0. The van der Waals surface area contributed by atoms with Crippen LogP contribution in [-0.4, -0.2) is 17.6 Å². The van der Waals surface area contributed by atoms with Crippen molar-refractivity contribution in [3.05, 3.63) is 53.6 Å². The Morgan fingerprint density at radius 2 is 1.95 bits per heavy atom. The molecule has 1 aliphatic carbocycles. The van der Waals surface area contributed by atoms with Crippen molar-refractivity contribution >= 4 is 11.5 Å². The highest BCUT2D eigenvalue weighted by Gasteiger charge is 2.17. The van der Waals surface area contributed by atoms with Gasteiger partial charge in [0.1, 0.15) is 5.84 Å². The Morgan fingerprint density at radius 3 is 2.81 bits per heavy atom. The minimum atomic E-state index is 0.279. The van der Waals surface area contributed by atoms with E-state index in [1.54, 1.807) is 0 Å². The van der Waals surface area contributed by atoms with Gasteiger partial charge in [-0.05, 0) is 47.2 Å². The Kier molecular flexibility index (Phi) is 3.77. The van der Waals surface area contributed by atoms with E-state index in [0.717, 1.165) is 25.1 Å². The summed E-state index contributed by atoms with van der Waals surface area (Å²) in [5.74, 6) is 0.279. The van der Waals surface area contributed by atoms with Crippen molar-refractivity contribution in [3.8, 4) is 11.1 Å². The first-order chi connectivity index (χ1) is 10.3. The second-order valence-electron chi connectivity index (χ2n) is 5.33. The lowest BCUT2D eigenvalue weighted by Gasteiger charge is -2.08. The molecule has 0 aliphatic heterocycles. The quantitative estimate of drug-likeness (QED) is 0.221. The number of anilines is 1. The summed E-state index contributed by atoms with van der Waals surface area (Å²) in [5.41, 5.74) is 12.0. The van der Waals surface area contributed by atoms with Gasteiger partial charge in [0.05, 0.1) is 0 Å². The van der Waals surface area contributed by atoms with Crippen molar-refractivity contribution in [1.29, 1.82) is 0 Å². The Hall–Kier alpha value is -2.49. The first-order valence-corrected chi connectivity index (χ1v) is 7.19. The van der Waals surface area contributed by atoms with E-state index in [4.69, 9.17) is 10.9 Å². The number of nitrogens with zero attached hydrogens (tertiary/aromatic N) is 1. The van der Waals surface area contributed by atoms with Crippen LogP contribution in [0, 0.1) is 0 Å². The molecule has 0 amide bonds. The molecular formula is C17H19N3O. The number of nitrogens with two attached hydrogens (primary N) is 1. The largest absolute Gasteiger partial charge is 0.409 e. The average molecular weight is 281 g/mol. The minimum absolute atomic E-state index is 0.279. The lowest BCUT2D eigenvalue weighted by molar-refractivity contribution is 0.316. The van der Waals surface area contributed by atoms with E-state index in [0.29, 0.717) is 6.42 Å². The molecule has 0 fully saturated rings. The standard InChI is InChI=1S/C17H19N3O/c18-17(20-21)6-3-9-19-14-7-8-16-13(11-14)10-12-4-1-2-5-15(12)16/h1-2,4-5,7-8,11,19,21H,3,6,9-10H2,(H2,18,20). The smallest absolute Gasteiger partial charge is 0.139 e. The number of hydrogen-bond acceptors (Lipinski definition) is 3. The molecule has 0 saturated heterocycles. The topological polar surface area (TPSA) is 70.6 Å². The number of amidine groups is 1. The number of benzene rings is 2. The van der Waals surface area contributed by atoms with E-state index in [2.05, 4.69) is 52.9 Å². The third-order valence-corrected chi connectivity index (χ3v) is 3.86. The summed E-state index contributed by atoms with van der Waals surface area (Å²) in [6.07, 6.45) is 2.44. The van der Waals surface area contributed by atoms with Crippen LogP contribution in [0.3, 0.4) is 0 Å². The number of nitrogens with one attached hydrogen (secondary N) is 1. The van der Waals surface area contributed by atoms with Gasteiger partial charge in [0, 0.05) is 18.7 Å². The number of oxime groups is 1. The predicted octanol–water partition coefficient (Wildman–Crippen LogP) is 3.20. The molecule has 2 aromatic carbocycles. The summed E-state index contributed by atoms with van der Waals surface area (Å²) in [4.78, 5) is 0. The van der Waals surface area contributed by atoms with Crippen molar-refractivity contribution in [1.82, 2.24) is 0 Å². The first kappa shape index (κ1) is 13.5. The van der Waals surface area contributed by atoms with Crippen LogP contribution in [0.1, 0.15) is 24.0 Å². The molecular weight excluding hydrogens is 262 g/mol. The molecule has 2 aromatic rings. The first-order valence-electron chi connectivity index (χ1n) is 7.19. The zero-order valence-electron chi connectivity index (χ0n) is 11.8. The van der Waals surface area contributed by atoms with Crippen LogP contribution >= 0.6 is 0 Å². The zero-order chi connectivity index (χ0) is 14.7. The second kappa shape index (κ2) is 5.87. The lowest BCUT2D eigenvalue weighted by atomic mass is 10.1.